The van der Waals surface area contributed by atoms with Crippen molar-refractivity contribution in [3.63, 3.8) is 0 Å². The molecule has 0 N–H and O–H groups in total. The van der Waals surface area contributed by atoms with Gasteiger partial charge >= 0.3 is 0 Å². The van der Waals surface area contributed by atoms with E-state index >= 15 is 0 Å². The Balaban J connectivity index is 1.90. The van der Waals surface area contributed by atoms with Crippen LogP contribution >= 0.6 is 11.8 Å². The number of carbonyl (C=O) groups is 1. The monoisotopic (exact) mass is 319 g/mol. The highest BCUT2D eigenvalue weighted by molar-refractivity contribution is 7.99. The Kier molecular flexibility index (Phi) is 4.29. The molecule has 1 aromatic heterocycles. The molecule has 1 aliphatic rings. The normalized spacial score (nSPS) is 17.5. The minimum Gasteiger partial charge on any atom is -0.497 e. The number of hydrogen-bond acceptors (Lipinski definition) is 5. The first-order valence-corrected chi connectivity index (χ1v) is 7.97. The molecule has 116 valence electrons. The van der Waals surface area contributed by atoms with Crippen LogP contribution in [0.4, 0.5) is 0 Å². The molecule has 2 heterocycles. The van der Waals surface area contributed by atoms with Crippen LogP contribution < -0.4 is 9.47 Å². The van der Waals surface area contributed by atoms with Crippen LogP contribution in [0.5, 0.6) is 11.5 Å². The lowest BCUT2D eigenvalue weighted by Gasteiger charge is -2.22. The smallest absolute Gasteiger partial charge is 0.255 e. The van der Waals surface area contributed by atoms with E-state index in [0.29, 0.717) is 23.6 Å². The van der Waals surface area contributed by atoms with Crippen LogP contribution in [-0.2, 0) is 0 Å². The van der Waals surface area contributed by atoms with Gasteiger partial charge in [-0.25, -0.2) is 0 Å². The van der Waals surface area contributed by atoms with Crippen molar-refractivity contribution in [1.29, 1.82) is 0 Å². The Morgan fingerprint density at radius 3 is 2.59 bits per heavy atom. The third-order valence-corrected chi connectivity index (χ3v) is 4.76. The maximum Gasteiger partial charge on any atom is 0.255 e. The largest absolute Gasteiger partial charge is 0.497 e. The first-order chi connectivity index (χ1) is 10.7. The molecule has 0 radical (unpaired) electrons. The zero-order valence-electron chi connectivity index (χ0n) is 12.4. The van der Waals surface area contributed by atoms with E-state index in [9.17, 15) is 4.79 Å². The van der Waals surface area contributed by atoms with E-state index in [0.717, 1.165) is 11.5 Å². The Morgan fingerprint density at radius 2 is 2.00 bits per heavy atom. The summed E-state index contributed by atoms with van der Waals surface area (Å²) in [6.07, 6.45) is 1.63. The van der Waals surface area contributed by atoms with Crippen LogP contribution in [0.3, 0.4) is 0 Å². The second-order valence-electron chi connectivity index (χ2n) is 4.84. The van der Waals surface area contributed by atoms with Gasteiger partial charge in [0.05, 0.1) is 20.5 Å². The van der Waals surface area contributed by atoms with Crippen LogP contribution in [0.15, 0.2) is 41.0 Å². The molecule has 1 fully saturated rings. The zero-order valence-corrected chi connectivity index (χ0v) is 13.3. The maximum atomic E-state index is 12.8. The van der Waals surface area contributed by atoms with Gasteiger partial charge in [0.1, 0.15) is 22.6 Å². The summed E-state index contributed by atoms with van der Waals surface area (Å²) in [4.78, 5) is 14.7. The number of carbonyl (C=O) groups excluding carboxylic acids is 1. The van der Waals surface area contributed by atoms with Crippen molar-refractivity contribution in [2.75, 3.05) is 26.5 Å². The van der Waals surface area contributed by atoms with Gasteiger partial charge < -0.3 is 18.8 Å². The number of amides is 1. The fraction of sp³-hybridized carbons (Fsp3) is 0.312. The fourth-order valence-corrected chi connectivity index (χ4v) is 3.65. The van der Waals surface area contributed by atoms with Crippen molar-refractivity contribution in [2.24, 2.45) is 0 Å². The van der Waals surface area contributed by atoms with Crippen molar-refractivity contribution in [3.05, 3.63) is 47.9 Å². The minimum atomic E-state index is -0.0836. The maximum absolute atomic E-state index is 12.8. The molecule has 2 aromatic rings. The summed E-state index contributed by atoms with van der Waals surface area (Å²) >= 11 is 1.70. The van der Waals surface area contributed by atoms with Crippen molar-refractivity contribution >= 4 is 17.7 Å². The summed E-state index contributed by atoms with van der Waals surface area (Å²) in [5.74, 6) is 2.83. The van der Waals surface area contributed by atoms with Crippen LogP contribution in [0.2, 0.25) is 0 Å². The van der Waals surface area contributed by atoms with Gasteiger partial charge in [-0.15, -0.1) is 11.8 Å². The van der Waals surface area contributed by atoms with Gasteiger partial charge in [-0.2, -0.15) is 0 Å². The number of thioether (sulfide) groups is 1. The van der Waals surface area contributed by atoms with Crippen LogP contribution in [0.25, 0.3) is 0 Å². The summed E-state index contributed by atoms with van der Waals surface area (Å²) in [5, 5.41) is -0.0836. The quantitative estimate of drug-likeness (QED) is 0.866. The highest BCUT2D eigenvalue weighted by Crippen LogP contribution is 2.39. The lowest BCUT2D eigenvalue weighted by atomic mass is 10.1. The van der Waals surface area contributed by atoms with Crippen LogP contribution in [0, 0.1) is 0 Å². The Morgan fingerprint density at radius 1 is 1.27 bits per heavy atom. The first kappa shape index (κ1) is 14.8. The van der Waals surface area contributed by atoms with E-state index in [1.807, 2.05) is 17.0 Å². The highest BCUT2D eigenvalue weighted by atomic mass is 32.2. The van der Waals surface area contributed by atoms with Crippen molar-refractivity contribution in [1.82, 2.24) is 4.90 Å². The molecule has 1 aromatic carbocycles. The van der Waals surface area contributed by atoms with E-state index in [1.165, 1.54) is 0 Å². The number of ether oxygens (including phenoxy) is 2. The zero-order chi connectivity index (χ0) is 15.5. The summed E-state index contributed by atoms with van der Waals surface area (Å²) < 4.78 is 15.9. The predicted molar refractivity (Wildman–Crippen MR) is 84.5 cm³/mol. The molecular formula is C16H17NO4S. The van der Waals surface area contributed by atoms with Crippen molar-refractivity contribution in [3.8, 4) is 11.5 Å². The number of rotatable bonds is 4. The SMILES string of the molecule is COc1cc(OC)cc(C(=O)N2CCSC2c2ccco2)c1. The Labute approximate surface area is 133 Å². The molecule has 1 aliphatic heterocycles. The minimum absolute atomic E-state index is 0.0522. The van der Waals surface area contributed by atoms with Gasteiger partial charge in [0.15, 0.2) is 0 Å². The molecule has 5 nitrogen and oxygen atoms in total. The highest BCUT2D eigenvalue weighted by Gasteiger charge is 2.33. The van der Waals surface area contributed by atoms with Gasteiger partial charge in [0.25, 0.3) is 5.91 Å². The molecule has 1 saturated heterocycles. The molecule has 1 atom stereocenters. The van der Waals surface area contributed by atoms with E-state index < -0.39 is 0 Å². The van der Waals surface area contributed by atoms with E-state index in [-0.39, 0.29) is 11.3 Å². The molecule has 3 rings (SSSR count). The predicted octanol–water partition coefficient (Wildman–Crippen LogP) is 3.18. The lowest BCUT2D eigenvalue weighted by molar-refractivity contribution is 0.0748. The molecular weight excluding hydrogens is 302 g/mol. The molecule has 1 unspecified atom stereocenters. The molecule has 0 bridgehead atoms. The number of furan rings is 1. The third kappa shape index (κ3) is 2.78. The third-order valence-electron chi connectivity index (χ3n) is 3.54. The number of benzene rings is 1. The first-order valence-electron chi connectivity index (χ1n) is 6.92. The molecule has 6 heteroatoms. The average Bonchev–Trinajstić information content (AvgIpc) is 3.23. The molecule has 0 aliphatic carbocycles. The number of methoxy groups -OCH3 is 2. The standard InChI is InChI=1S/C16H17NO4S/c1-19-12-8-11(9-13(10-12)20-2)15(18)17-5-7-22-16(17)14-4-3-6-21-14/h3-4,6,8-10,16H,5,7H2,1-2H3. The Bertz CT molecular complexity index is 634. The van der Waals surface area contributed by atoms with Gasteiger partial charge in [-0.3, -0.25) is 4.79 Å². The van der Waals surface area contributed by atoms with Gasteiger partial charge in [-0.1, -0.05) is 0 Å². The van der Waals surface area contributed by atoms with Crippen molar-refractivity contribution < 1.29 is 18.7 Å². The van der Waals surface area contributed by atoms with Crippen LogP contribution in [-0.4, -0.2) is 37.3 Å². The summed E-state index contributed by atoms with van der Waals surface area (Å²) in [6.45, 7) is 0.689. The summed E-state index contributed by atoms with van der Waals surface area (Å²) in [7, 11) is 3.14. The molecule has 0 spiro atoms. The van der Waals surface area contributed by atoms with Gasteiger partial charge in [0, 0.05) is 23.9 Å². The summed E-state index contributed by atoms with van der Waals surface area (Å²) in [6, 6.07) is 8.94. The molecule has 0 saturated carbocycles. The molecule has 1 amide bonds. The topological polar surface area (TPSA) is 51.9 Å². The second kappa shape index (κ2) is 6.36. The number of nitrogens with zero attached hydrogens (tertiary/aromatic N) is 1. The van der Waals surface area contributed by atoms with E-state index in [4.69, 9.17) is 13.9 Å². The van der Waals surface area contributed by atoms with Gasteiger partial charge in [0.2, 0.25) is 0 Å². The van der Waals surface area contributed by atoms with E-state index in [2.05, 4.69) is 0 Å². The fourth-order valence-electron chi connectivity index (χ4n) is 2.44. The second-order valence-corrected chi connectivity index (χ2v) is 6.03. The number of hydrogen-bond donors (Lipinski definition) is 0. The lowest BCUT2D eigenvalue weighted by Crippen LogP contribution is -2.30. The molecule has 22 heavy (non-hydrogen) atoms. The van der Waals surface area contributed by atoms with Gasteiger partial charge in [-0.05, 0) is 24.3 Å². The van der Waals surface area contributed by atoms with Crippen LogP contribution in [0.1, 0.15) is 21.5 Å². The Hall–Kier alpha value is -2.08. The van der Waals surface area contributed by atoms with E-state index in [1.54, 1.807) is 50.4 Å². The summed E-state index contributed by atoms with van der Waals surface area (Å²) in [5.41, 5.74) is 0.551. The van der Waals surface area contributed by atoms with Crippen molar-refractivity contribution in [2.45, 2.75) is 5.37 Å². The average molecular weight is 319 g/mol.